The Labute approximate surface area is 106 Å². The smallest absolute Gasteiger partial charge is 0.348 e. The lowest BCUT2D eigenvalue weighted by Gasteiger charge is -2.12. The van der Waals surface area contributed by atoms with Crippen molar-refractivity contribution in [1.82, 2.24) is 4.98 Å². The second kappa shape index (κ2) is 5.21. The SMILES string of the molecule is CCCC(C)Nc1nc2cccc(C)c2c(=O)o1. The first kappa shape index (κ1) is 12.6. The molecule has 0 saturated heterocycles. The van der Waals surface area contributed by atoms with Gasteiger partial charge in [-0.15, -0.1) is 0 Å². The van der Waals surface area contributed by atoms with Crippen molar-refractivity contribution in [3.05, 3.63) is 34.2 Å². The van der Waals surface area contributed by atoms with Crippen LogP contribution < -0.4 is 10.9 Å². The zero-order chi connectivity index (χ0) is 13.1. The molecule has 1 heterocycles. The van der Waals surface area contributed by atoms with Crippen LogP contribution in [0.3, 0.4) is 0 Å². The monoisotopic (exact) mass is 246 g/mol. The number of benzene rings is 1. The van der Waals surface area contributed by atoms with Crippen molar-refractivity contribution < 1.29 is 4.42 Å². The zero-order valence-electron chi connectivity index (χ0n) is 11.0. The van der Waals surface area contributed by atoms with Crippen molar-refractivity contribution in [2.24, 2.45) is 0 Å². The number of aryl methyl sites for hydroxylation is 1. The first-order valence-electron chi connectivity index (χ1n) is 6.28. The molecule has 1 unspecified atom stereocenters. The third-order valence-corrected chi connectivity index (χ3v) is 2.96. The number of aromatic nitrogens is 1. The van der Waals surface area contributed by atoms with Crippen LogP contribution in [0, 0.1) is 6.92 Å². The number of fused-ring (bicyclic) bond motifs is 1. The summed E-state index contributed by atoms with van der Waals surface area (Å²) in [5, 5.41) is 3.68. The van der Waals surface area contributed by atoms with E-state index in [0.717, 1.165) is 18.4 Å². The summed E-state index contributed by atoms with van der Waals surface area (Å²) >= 11 is 0. The van der Waals surface area contributed by atoms with Crippen LogP contribution in [-0.4, -0.2) is 11.0 Å². The summed E-state index contributed by atoms with van der Waals surface area (Å²) < 4.78 is 5.21. The highest BCUT2D eigenvalue weighted by molar-refractivity contribution is 5.81. The van der Waals surface area contributed by atoms with Crippen LogP contribution in [0.15, 0.2) is 27.4 Å². The van der Waals surface area contributed by atoms with Gasteiger partial charge < -0.3 is 9.73 Å². The van der Waals surface area contributed by atoms with E-state index in [0.29, 0.717) is 16.9 Å². The molecule has 0 radical (unpaired) electrons. The van der Waals surface area contributed by atoms with Crippen LogP contribution in [0.1, 0.15) is 32.3 Å². The van der Waals surface area contributed by atoms with Crippen LogP contribution in [-0.2, 0) is 0 Å². The summed E-state index contributed by atoms with van der Waals surface area (Å²) in [5.74, 6) is 0. The van der Waals surface area contributed by atoms with E-state index in [-0.39, 0.29) is 11.7 Å². The van der Waals surface area contributed by atoms with Crippen LogP contribution in [0.25, 0.3) is 10.9 Å². The summed E-state index contributed by atoms with van der Waals surface area (Å²) in [6.07, 6.45) is 2.09. The normalized spacial score (nSPS) is 12.6. The number of anilines is 1. The average Bonchev–Trinajstić information content (AvgIpc) is 2.28. The molecule has 0 spiro atoms. The summed E-state index contributed by atoms with van der Waals surface area (Å²) in [5.41, 5.74) is 1.24. The second-order valence-corrected chi connectivity index (χ2v) is 4.61. The Kier molecular flexibility index (Phi) is 3.65. The molecule has 0 aliphatic carbocycles. The fourth-order valence-corrected chi connectivity index (χ4v) is 2.06. The van der Waals surface area contributed by atoms with Crippen LogP contribution in [0.2, 0.25) is 0 Å². The Morgan fingerprint density at radius 3 is 2.94 bits per heavy atom. The lowest BCUT2D eigenvalue weighted by Crippen LogP contribution is -2.17. The van der Waals surface area contributed by atoms with Gasteiger partial charge in [-0.05, 0) is 31.9 Å². The molecule has 4 heteroatoms. The molecular formula is C14H18N2O2. The molecule has 1 aromatic heterocycles. The van der Waals surface area contributed by atoms with E-state index < -0.39 is 0 Å². The molecule has 2 rings (SSSR count). The van der Waals surface area contributed by atoms with Gasteiger partial charge in [0.1, 0.15) is 0 Å². The van der Waals surface area contributed by atoms with Crippen LogP contribution >= 0.6 is 0 Å². The van der Waals surface area contributed by atoms with E-state index >= 15 is 0 Å². The molecular weight excluding hydrogens is 228 g/mol. The molecule has 1 aromatic carbocycles. The van der Waals surface area contributed by atoms with Crippen LogP contribution in [0.5, 0.6) is 0 Å². The van der Waals surface area contributed by atoms with Crippen molar-refractivity contribution in [3.63, 3.8) is 0 Å². The highest BCUT2D eigenvalue weighted by Gasteiger charge is 2.09. The lowest BCUT2D eigenvalue weighted by atomic mass is 10.1. The topological polar surface area (TPSA) is 55.1 Å². The third kappa shape index (κ3) is 2.53. The van der Waals surface area contributed by atoms with Crippen molar-refractivity contribution in [2.45, 2.75) is 39.7 Å². The number of nitrogens with one attached hydrogen (secondary N) is 1. The predicted molar refractivity (Wildman–Crippen MR) is 73.0 cm³/mol. The van der Waals surface area contributed by atoms with E-state index in [1.165, 1.54) is 0 Å². The Morgan fingerprint density at radius 1 is 1.44 bits per heavy atom. The maximum absolute atomic E-state index is 11.9. The van der Waals surface area contributed by atoms with E-state index in [9.17, 15) is 4.79 Å². The summed E-state index contributed by atoms with van der Waals surface area (Å²) in [6, 6.07) is 6.15. The van der Waals surface area contributed by atoms with E-state index in [1.54, 1.807) is 0 Å². The van der Waals surface area contributed by atoms with Gasteiger partial charge in [-0.2, -0.15) is 4.98 Å². The van der Waals surface area contributed by atoms with Crippen molar-refractivity contribution >= 4 is 16.9 Å². The number of hydrogen-bond donors (Lipinski definition) is 1. The van der Waals surface area contributed by atoms with Gasteiger partial charge in [0.05, 0.1) is 10.9 Å². The third-order valence-electron chi connectivity index (χ3n) is 2.96. The number of hydrogen-bond acceptors (Lipinski definition) is 4. The number of rotatable bonds is 4. The van der Waals surface area contributed by atoms with Crippen LogP contribution in [0.4, 0.5) is 6.01 Å². The van der Waals surface area contributed by atoms with Crippen molar-refractivity contribution in [1.29, 1.82) is 0 Å². The van der Waals surface area contributed by atoms with E-state index in [1.807, 2.05) is 32.0 Å². The molecule has 0 saturated carbocycles. The first-order chi connectivity index (χ1) is 8.61. The highest BCUT2D eigenvalue weighted by atomic mass is 16.4. The van der Waals surface area contributed by atoms with E-state index in [4.69, 9.17) is 4.42 Å². The van der Waals surface area contributed by atoms with Crippen molar-refractivity contribution in [3.8, 4) is 0 Å². The quantitative estimate of drug-likeness (QED) is 0.900. The lowest BCUT2D eigenvalue weighted by molar-refractivity contribution is 0.504. The molecule has 96 valence electrons. The molecule has 0 aliphatic rings. The number of nitrogens with zero attached hydrogens (tertiary/aromatic N) is 1. The Bertz CT molecular complexity index is 604. The minimum atomic E-state index is -0.329. The Morgan fingerprint density at radius 2 is 2.22 bits per heavy atom. The first-order valence-corrected chi connectivity index (χ1v) is 6.28. The maximum Gasteiger partial charge on any atom is 0.348 e. The average molecular weight is 246 g/mol. The standard InChI is InChI=1S/C14H18N2O2/c1-4-6-10(3)15-14-16-11-8-5-7-9(2)12(11)13(17)18-14/h5,7-8,10H,4,6H2,1-3H3,(H,15,16). The predicted octanol–water partition coefficient (Wildman–Crippen LogP) is 3.10. The zero-order valence-corrected chi connectivity index (χ0v) is 11.0. The van der Waals surface area contributed by atoms with Gasteiger partial charge >= 0.3 is 5.63 Å². The van der Waals surface area contributed by atoms with Gasteiger partial charge in [0.25, 0.3) is 6.01 Å². The molecule has 1 N–H and O–H groups in total. The van der Waals surface area contributed by atoms with Gasteiger partial charge in [0.15, 0.2) is 0 Å². The van der Waals surface area contributed by atoms with Gasteiger partial charge in [0, 0.05) is 6.04 Å². The molecule has 4 nitrogen and oxygen atoms in total. The minimum absolute atomic E-state index is 0.243. The molecule has 1 atom stereocenters. The molecule has 2 aromatic rings. The van der Waals surface area contributed by atoms with Gasteiger partial charge in [-0.1, -0.05) is 25.5 Å². The molecule has 18 heavy (non-hydrogen) atoms. The maximum atomic E-state index is 11.9. The van der Waals surface area contributed by atoms with Gasteiger partial charge in [0.2, 0.25) is 0 Å². The Hall–Kier alpha value is -1.84. The van der Waals surface area contributed by atoms with Gasteiger partial charge in [-0.25, -0.2) is 4.79 Å². The van der Waals surface area contributed by atoms with Gasteiger partial charge in [-0.3, -0.25) is 0 Å². The van der Waals surface area contributed by atoms with Crippen molar-refractivity contribution in [2.75, 3.05) is 5.32 Å². The molecule has 0 fully saturated rings. The molecule has 0 bridgehead atoms. The summed E-state index contributed by atoms with van der Waals surface area (Å²) in [6.45, 7) is 6.05. The molecule has 0 aliphatic heterocycles. The Balaban J connectivity index is 2.41. The second-order valence-electron chi connectivity index (χ2n) is 4.61. The summed E-state index contributed by atoms with van der Waals surface area (Å²) in [7, 11) is 0. The fourth-order valence-electron chi connectivity index (χ4n) is 2.06. The van der Waals surface area contributed by atoms with E-state index in [2.05, 4.69) is 17.2 Å². The fraction of sp³-hybridized carbons (Fsp3) is 0.429. The minimum Gasteiger partial charge on any atom is -0.389 e. The molecule has 0 amide bonds. The summed E-state index contributed by atoms with van der Waals surface area (Å²) in [4.78, 5) is 16.3. The largest absolute Gasteiger partial charge is 0.389 e. The highest BCUT2D eigenvalue weighted by Crippen LogP contribution is 2.15.